The highest BCUT2D eigenvalue weighted by Crippen LogP contribution is 2.21. The second-order valence-corrected chi connectivity index (χ2v) is 5.49. The molecule has 1 fully saturated rings. The zero-order valence-electron chi connectivity index (χ0n) is 12.2. The molecule has 0 aromatic carbocycles. The van der Waals surface area contributed by atoms with Gasteiger partial charge < -0.3 is 10.2 Å². The Balaban J connectivity index is 1.68. The second kappa shape index (κ2) is 5.75. The van der Waals surface area contributed by atoms with Crippen molar-refractivity contribution in [2.24, 2.45) is 7.05 Å². The van der Waals surface area contributed by atoms with Gasteiger partial charge in [0, 0.05) is 26.2 Å². The van der Waals surface area contributed by atoms with E-state index in [1.807, 2.05) is 13.2 Å². The molecule has 0 aliphatic carbocycles. The summed E-state index contributed by atoms with van der Waals surface area (Å²) in [5.74, 6) is 0.914. The quantitative estimate of drug-likeness (QED) is 0.918. The summed E-state index contributed by atoms with van der Waals surface area (Å²) < 4.78 is 1.78. The Morgan fingerprint density at radius 3 is 2.85 bits per heavy atom. The number of hydrogen-bond acceptors (Lipinski definition) is 5. The van der Waals surface area contributed by atoms with Crippen LogP contribution >= 0.6 is 0 Å². The van der Waals surface area contributed by atoms with Crippen molar-refractivity contribution < 1.29 is 0 Å². The van der Waals surface area contributed by atoms with Gasteiger partial charge in [0.05, 0.1) is 11.6 Å². The number of hydrogen-bond donors (Lipinski definition) is 1. The van der Waals surface area contributed by atoms with E-state index in [9.17, 15) is 0 Å². The molecular formula is C14H22N6. The number of piperidine rings is 1. The van der Waals surface area contributed by atoms with Gasteiger partial charge in [0.25, 0.3) is 0 Å². The maximum absolute atomic E-state index is 4.38. The minimum atomic E-state index is 0.501. The summed E-state index contributed by atoms with van der Waals surface area (Å²) in [6.07, 6.45) is 7.03. The van der Waals surface area contributed by atoms with Gasteiger partial charge >= 0.3 is 0 Å². The Hall–Kier alpha value is -1.69. The topological polar surface area (TPSA) is 58.9 Å². The first-order valence-corrected chi connectivity index (χ1v) is 7.39. The van der Waals surface area contributed by atoms with E-state index in [1.165, 1.54) is 38.9 Å². The predicted molar refractivity (Wildman–Crippen MR) is 79.7 cm³/mol. The van der Waals surface area contributed by atoms with Crippen molar-refractivity contribution in [1.29, 1.82) is 0 Å². The molecule has 1 N–H and O–H groups in total. The molecule has 0 atom stereocenters. The smallest absolute Gasteiger partial charge is 0.163 e. The first-order chi connectivity index (χ1) is 9.78. The van der Waals surface area contributed by atoms with Crippen LogP contribution in [0.15, 0.2) is 12.5 Å². The number of aromatic nitrogens is 4. The summed E-state index contributed by atoms with van der Waals surface area (Å²) in [5, 5.41) is 8.83. The highest BCUT2D eigenvalue weighted by Gasteiger charge is 2.19. The molecule has 2 aromatic rings. The SMILES string of the molecule is CCCN1CCC(Nc2ncnc3c2cnn3C)CC1. The Kier molecular flexibility index (Phi) is 3.82. The molecule has 0 spiro atoms. The zero-order valence-corrected chi connectivity index (χ0v) is 12.2. The van der Waals surface area contributed by atoms with Crippen LogP contribution < -0.4 is 5.32 Å². The van der Waals surface area contributed by atoms with E-state index in [0.29, 0.717) is 6.04 Å². The van der Waals surface area contributed by atoms with Gasteiger partial charge in [-0.05, 0) is 25.8 Å². The van der Waals surface area contributed by atoms with Crippen LogP contribution in [-0.2, 0) is 7.05 Å². The van der Waals surface area contributed by atoms with Crippen LogP contribution in [0, 0.1) is 0 Å². The molecule has 1 aliphatic rings. The number of nitrogens with zero attached hydrogens (tertiary/aromatic N) is 5. The number of anilines is 1. The first kappa shape index (κ1) is 13.3. The minimum absolute atomic E-state index is 0.501. The molecule has 6 heteroatoms. The number of rotatable bonds is 4. The monoisotopic (exact) mass is 274 g/mol. The fourth-order valence-electron chi connectivity index (χ4n) is 2.89. The van der Waals surface area contributed by atoms with E-state index >= 15 is 0 Å². The lowest BCUT2D eigenvalue weighted by molar-refractivity contribution is 0.219. The van der Waals surface area contributed by atoms with Crippen molar-refractivity contribution >= 4 is 16.9 Å². The third-order valence-corrected chi connectivity index (χ3v) is 4.00. The van der Waals surface area contributed by atoms with Gasteiger partial charge in [0.15, 0.2) is 5.65 Å². The zero-order chi connectivity index (χ0) is 13.9. The summed E-state index contributed by atoms with van der Waals surface area (Å²) in [6, 6.07) is 0.501. The highest BCUT2D eigenvalue weighted by molar-refractivity contribution is 5.86. The molecule has 1 aliphatic heterocycles. The maximum Gasteiger partial charge on any atom is 0.163 e. The third-order valence-electron chi connectivity index (χ3n) is 4.00. The Morgan fingerprint density at radius 2 is 2.10 bits per heavy atom. The van der Waals surface area contributed by atoms with Gasteiger partial charge in [-0.2, -0.15) is 5.10 Å². The first-order valence-electron chi connectivity index (χ1n) is 7.39. The Morgan fingerprint density at radius 1 is 1.30 bits per heavy atom. The highest BCUT2D eigenvalue weighted by atomic mass is 15.3. The van der Waals surface area contributed by atoms with Crippen LogP contribution in [0.2, 0.25) is 0 Å². The molecule has 0 radical (unpaired) electrons. The van der Waals surface area contributed by atoms with E-state index in [4.69, 9.17) is 0 Å². The van der Waals surface area contributed by atoms with Crippen molar-refractivity contribution in [2.45, 2.75) is 32.2 Å². The van der Waals surface area contributed by atoms with Gasteiger partial charge in [-0.15, -0.1) is 0 Å². The van der Waals surface area contributed by atoms with Crippen LogP contribution in [0.5, 0.6) is 0 Å². The van der Waals surface area contributed by atoms with E-state index in [-0.39, 0.29) is 0 Å². The molecule has 0 unspecified atom stereocenters. The predicted octanol–water partition coefficient (Wildman–Crippen LogP) is 1.65. The van der Waals surface area contributed by atoms with E-state index in [2.05, 4.69) is 32.2 Å². The van der Waals surface area contributed by atoms with E-state index in [0.717, 1.165) is 16.9 Å². The lowest BCUT2D eigenvalue weighted by Gasteiger charge is -2.32. The van der Waals surface area contributed by atoms with Crippen molar-refractivity contribution in [3.63, 3.8) is 0 Å². The van der Waals surface area contributed by atoms with Gasteiger partial charge in [0.1, 0.15) is 12.1 Å². The maximum atomic E-state index is 4.38. The van der Waals surface area contributed by atoms with Crippen molar-refractivity contribution in [3.8, 4) is 0 Å². The van der Waals surface area contributed by atoms with Crippen LogP contribution in [0.4, 0.5) is 5.82 Å². The van der Waals surface area contributed by atoms with Gasteiger partial charge in [-0.25, -0.2) is 9.97 Å². The molecule has 20 heavy (non-hydrogen) atoms. The largest absolute Gasteiger partial charge is 0.367 e. The normalized spacial score (nSPS) is 17.7. The van der Waals surface area contributed by atoms with Crippen LogP contribution in [0.3, 0.4) is 0 Å². The molecule has 0 amide bonds. The van der Waals surface area contributed by atoms with Gasteiger partial charge in [-0.1, -0.05) is 6.92 Å². The van der Waals surface area contributed by atoms with E-state index < -0.39 is 0 Å². The van der Waals surface area contributed by atoms with Crippen molar-refractivity contribution in [3.05, 3.63) is 12.5 Å². The summed E-state index contributed by atoms with van der Waals surface area (Å²) in [7, 11) is 1.91. The fraction of sp³-hybridized carbons (Fsp3) is 0.643. The molecule has 3 heterocycles. The van der Waals surface area contributed by atoms with Crippen LogP contribution in [-0.4, -0.2) is 50.3 Å². The number of aryl methyl sites for hydroxylation is 1. The van der Waals surface area contributed by atoms with Crippen molar-refractivity contribution in [2.75, 3.05) is 25.0 Å². The molecule has 0 bridgehead atoms. The molecule has 1 saturated heterocycles. The Labute approximate surface area is 119 Å². The van der Waals surface area contributed by atoms with Crippen LogP contribution in [0.25, 0.3) is 11.0 Å². The number of fused-ring (bicyclic) bond motifs is 1. The number of nitrogens with one attached hydrogen (secondary N) is 1. The average molecular weight is 274 g/mol. The summed E-state index contributed by atoms with van der Waals surface area (Å²) in [6.45, 7) is 5.80. The lowest BCUT2D eigenvalue weighted by Crippen LogP contribution is -2.39. The van der Waals surface area contributed by atoms with Crippen molar-refractivity contribution in [1.82, 2.24) is 24.6 Å². The van der Waals surface area contributed by atoms with Crippen LogP contribution in [0.1, 0.15) is 26.2 Å². The summed E-state index contributed by atoms with van der Waals surface area (Å²) >= 11 is 0. The second-order valence-electron chi connectivity index (χ2n) is 5.49. The molecular weight excluding hydrogens is 252 g/mol. The molecule has 108 valence electrons. The van der Waals surface area contributed by atoms with E-state index in [1.54, 1.807) is 11.0 Å². The molecule has 2 aromatic heterocycles. The summed E-state index contributed by atoms with van der Waals surface area (Å²) in [4.78, 5) is 11.2. The molecule has 6 nitrogen and oxygen atoms in total. The minimum Gasteiger partial charge on any atom is -0.367 e. The third kappa shape index (κ3) is 2.60. The fourth-order valence-corrected chi connectivity index (χ4v) is 2.89. The Bertz CT molecular complexity index is 570. The average Bonchev–Trinajstić information content (AvgIpc) is 2.84. The standard InChI is InChI=1S/C14H22N6/c1-3-6-20-7-4-11(5-8-20)18-13-12-9-17-19(2)14(12)16-10-15-13/h9-11H,3-8H2,1-2H3,(H,15,16,18). The summed E-state index contributed by atoms with van der Waals surface area (Å²) in [5.41, 5.74) is 0.880. The molecule has 0 saturated carbocycles. The molecule has 3 rings (SSSR count). The van der Waals surface area contributed by atoms with Gasteiger partial charge in [0.2, 0.25) is 0 Å². The lowest BCUT2D eigenvalue weighted by atomic mass is 10.0. The van der Waals surface area contributed by atoms with Gasteiger partial charge in [-0.3, -0.25) is 4.68 Å². The number of likely N-dealkylation sites (tertiary alicyclic amines) is 1.